The van der Waals surface area contributed by atoms with Gasteiger partial charge in [0.1, 0.15) is 5.82 Å². The monoisotopic (exact) mass is 406 g/mol. The van der Waals surface area contributed by atoms with Crippen LogP contribution in [0.5, 0.6) is 0 Å². The molecule has 1 amide bonds. The molecule has 2 aliphatic rings. The van der Waals surface area contributed by atoms with Gasteiger partial charge in [0.25, 0.3) is 0 Å². The van der Waals surface area contributed by atoms with Crippen molar-refractivity contribution >= 4 is 17.7 Å². The maximum atomic E-state index is 14.1. The van der Waals surface area contributed by atoms with Gasteiger partial charge in [0.15, 0.2) is 0 Å². The van der Waals surface area contributed by atoms with E-state index in [9.17, 15) is 9.18 Å². The van der Waals surface area contributed by atoms with Crippen molar-refractivity contribution in [2.75, 3.05) is 31.1 Å². The summed E-state index contributed by atoms with van der Waals surface area (Å²) in [5.41, 5.74) is 2.52. The average Bonchev–Trinajstić information content (AvgIpc) is 3.02. The normalized spacial score (nSPS) is 18.9. The molecule has 2 aliphatic heterocycles. The van der Waals surface area contributed by atoms with Crippen LogP contribution in [-0.2, 0) is 10.2 Å². The Morgan fingerprint density at radius 1 is 1.10 bits per heavy atom. The molecule has 0 N–H and O–H groups in total. The predicted molar refractivity (Wildman–Crippen MR) is 121 cm³/mol. The topological polar surface area (TPSA) is 23.6 Å². The fourth-order valence-corrected chi connectivity index (χ4v) is 4.72. The third-order valence-corrected chi connectivity index (χ3v) is 6.45. The average molecular weight is 407 g/mol. The highest BCUT2D eigenvalue weighted by molar-refractivity contribution is 5.99. The smallest absolute Gasteiger partial charge is 0.232 e. The van der Waals surface area contributed by atoms with Gasteiger partial charge in [-0.25, -0.2) is 4.39 Å². The fraction of sp³-hybridized carbons (Fsp3) is 0.423. The second-order valence-corrected chi connectivity index (χ2v) is 9.70. The number of nitrogens with zero attached hydrogens (tertiary/aromatic N) is 2. The lowest BCUT2D eigenvalue weighted by atomic mass is 9.74. The Labute approximate surface area is 179 Å². The number of fused-ring (bicyclic) bond motifs is 2. The summed E-state index contributed by atoms with van der Waals surface area (Å²) in [6.07, 6.45) is 6.26. The molecule has 0 bridgehead atoms. The molecule has 0 atom stereocenters. The molecule has 0 unspecified atom stereocenters. The first kappa shape index (κ1) is 20.8. The molecule has 3 nitrogen and oxygen atoms in total. The standard InChI is InChI=1S/C26H31FN2O/c1-25(2,3)24(30)29-19-26(22-18-21(27)11-12-23(22)29)13-16-28(17-14-26)15-7-10-20-8-5-4-6-9-20/h4-12,18H,13-17,19H2,1-3H3. The number of carbonyl (C=O) groups excluding carboxylic acids is 1. The van der Waals surface area contributed by atoms with Crippen molar-refractivity contribution in [3.05, 3.63) is 71.6 Å². The van der Waals surface area contributed by atoms with E-state index in [0.717, 1.165) is 43.7 Å². The van der Waals surface area contributed by atoms with Crippen LogP contribution < -0.4 is 4.90 Å². The zero-order chi connectivity index (χ0) is 21.4. The number of halogens is 1. The molecule has 1 saturated heterocycles. The molecule has 0 aromatic heterocycles. The summed E-state index contributed by atoms with van der Waals surface area (Å²) in [5.74, 6) is -0.105. The maximum absolute atomic E-state index is 14.1. The van der Waals surface area contributed by atoms with E-state index in [2.05, 4.69) is 29.2 Å². The number of hydrogen-bond acceptors (Lipinski definition) is 2. The SMILES string of the molecule is CC(C)(C)C(=O)N1CC2(CCN(CC=Cc3ccccc3)CC2)c2cc(F)ccc21. The first-order valence-corrected chi connectivity index (χ1v) is 10.8. The minimum Gasteiger partial charge on any atom is -0.311 e. The van der Waals surface area contributed by atoms with Gasteiger partial charge in [0.2, 0.25) is 5.91 Å². The number of hydrogen-bond donors (Lipinski definition) is 0. The van der Waals surface area contributed by atoms with Gasteiger partial charge in [-0.3, -0.25) is 9.69 Å². The Morgan fingerprint density at radius 3 is 2.47 bits per heavy atom. The van der Waals surface area contributed by atoms with E-state index < -0.39 is 5.41 Å². The Morgan fingerprint density at radius 2 is 1.80 bits per heavy atom. The second-order valence-electron chi connectivity index (χ2n) is 9.70. The Bertz CT molecular complexity index is 937. The van der Waals surface area contributed by atoms with Crippen molar-refractivity contribution < 1.29 is 9.18 Å². The van der Waals surface area contributed by atoms with E-state index >= 15 is 0 Å². The van der Waals surface area contributed by atoms with Crippen LogP contribution in [0.1, 0.15) is 44.7 Å². The number of likely N-dealkylation sites (tertiary alicyclic amines) is 1. The molecule has 0 radical (unpaired) electrons. The van der Waals surface area contributed by atoms with Gasteiger partial charge in [-0.15, -0.1) is 0 Å². The van der Waals surface area contributed by atoms with Gasteiger partial charge < -0.3 is 4.90 Å². The van der Waals surface area contributed by atoms with Crippen molar-refractivity contribution in [3.8, 4) is 0 Å². The van der Waals surface area contributed by atoms with Crippen molar-refractivity contribution in [1.82, 2.24) is 4.90 Å². The first-order chi connectivity index (χ1) is 14.3. The second kappa shape index (κ2) is 7.99. The number of benzene rings is 2. The van der Waals surface area contributed by atoms with Crippen LogP contribution in [0, 0.1) is 11.2 Å². The lowest BCUT2D eigenvalue weighted by Gasteiger charge is -2.40. The predicted octanol–water partition coefficient (Wildman–Crippen LogP) is 5.27. The molecule has 2 aromatic rings. The highest BCUT2D eigenvalue weighted by atomic mass is 19.1. The van der Waals surface area contributed by atoms with E-state index in [1.807, 2.05) is 43.9 Å². The number of amides is 1. The largest absolute Gasteiger partial charge is 0.311 e. The van der Waals surface area contributed by atoms with Crippen molar-refractivity contribution in [1.29, 1.82) is 0 Å². The Balaban J connectivity index is 1.48. The molecule has 2 heterocycles. The molecule has 1 spiro atoms. The Hall–Kier alpha value is -2.46. The summed E-state index contributed by atoms with van der Waals surface area (Å²) in [7, 11) is 0. The Kier molecular flexibility index (Phi) is 5.54. The van der Waals surface area contributed by atoms with E-state index in [1.54, 1.807) is 12.1 Å². The summed E-state index contributed by atoms with van der Waals surface area (Å²) in [6, 6.07) is 15.3. The van der Waals surface area contributed by atoms with Gasteiger partial charge in [0, 0.05) is 29.6 Å². The quantitative estimate of drug-likeness (QED) is 0.694. The number of rotatable bonds is 3. The highest BCUT2D eigenvalue weighted by Gasteiger charge is 2.47. The van der Waals surface area contributed by atoms with Crippen LogP contribution in [0.3, 0.4) is 0 Å². The van der Waals surface area contributed by atoms with Crippen LogP contribution in [0.2, 0.25) is 0 Å². The summed E-state index contributed by atoms with van der Waals surface area (Å²) in [6.45, 7) is 9.32. The molecular weight excluding hydrogens is 375 g/mol. The molecule has 4 rings (SSSR count). The number of piperidine rings is 1. The van der Waals surface area contributed by atoms with Crippen molar-refractivity contribution in [3.63, 3.8) is 0 Å². The van der Waals surface area contributed by atoms with Gasteiger partial charge >= 0.3 is 0 Å². The highest BCUT2D eigenvalue weighted by Crippen LogP contribution is 2.48. The fourth-order valence-electron chi connectivity index (χ4n) is 4.72. The minimum absolute atomic E-state index is 0.112. The van der Waals surface area contributed by atoms with E-state index in [4.69, 9.17) is 0 Å². The van der Waals surface area contributed by atoms with E-state index in [-0.39, 0.29) is 17.1 Å². The minimum atomic E-state index is -0.458. The van der Waals surface area contributed by atoms with Gasteiger partial charge in [-0.1, -0.05) is 63.3 Å². The van der Waals surface area contributed by atoms with Crippen LogP contribution in [0.25, 0.3) is 6.08 Å². The van der Waals surface area contributed by atoms with Crippen LogP contribution in [0.4, 0.5) is 10.1 Å². The third-order valence-electron chi connectivity index (χ3n) is 6.45. The van der Waals surface area contributed by atoms with Crippen molar-refractivity contribution in [2.45, 2.75) is 39.0 Å². The summed E-state index contributed by atoms with van der Waals surface area (Å²) in [5, 5.41) is 0. The summed E-state index contributed by atoms with van der Waals surface area (Å²) < 4.78 is 14.1. The third kappa shape index (κ3) is 4.06. The lowest BCUT2D eigenvalue weighted by Crippen LogP contribution is -2.47. The zero-order valence-electron chi connectivity index (χ0n) is 18.2. The molecule has 4 heteroatoms. The number of anilines is 1. The molecule has 1 fully saturated rings. The van der Waals surface area contributed by atoms with Gasteiger partial charge in [-0.2, -0.15) is 0 Å². The van der Waals surface area contributed by atoms with E-state index in [0.29, 0.717) is 6.54 Å². The van der Waals surface area contributed by atoms with Crippen LogP contribution >= 0.6 is 0 Å². The molecule has 0 saturated carbocycles. The van der Waals surface area contributed by atoms with Crippen molar-refractivity contribution in [2.24, 2.45) is 5.41 Å². The van der Waals surface area contributed by atoms with Gasteiger partial charge in [-0.05, 0) is 55.3 Å². The molecular formula is C26H31FN2O. The van der Waals surface area contributed by atoms with Crippen LogP contribution in [-0.4, -0.2) is 37.0 Å². The van der Waals surface area contributed by atoms with Gasteiger partial charge in [0.05, 0.1) is 0 Å². The molecule has 158 valence electrons. The van der Waals surface area contributed by atoms with Crippen LogP contribution in [0.15, 0.2) is 54.6 Å². The zero-order valence-corrected chi connectivity index (χ0v) is 18.2. The first-order valence-electron chi connectivity index (χ1n) is 10.8. The molecule has 30 heavy (non-hydrogen) atoms. The summed E-state index contributed by atoms with van der Waals surface area (Å²) in [4.78, 5) is 17.4. The summed E-state index contributed by atoms with van der Waals surface area (Å²) >= 11 is 0. The molecule has 0 aliphatic carbocycles. The lowest BCUT2D eigenvalue weighted by molar-refractivity contribution is -0.125. The molecule has 2 aromatic carbocycles. The number of carbonyl (C=O) groups is 1. The van der Waals surface area contributed by atoms with E-state index in [1.165, 1.54) is 11.6 Å². The maximum Gasteiger partial charge on any atom is 0.232 e.